The van der Waals surface area contributed by atoms with Crippen LogP contribution in [0.15, 0.2) is 0 Å². The minimum absolute atomic E-state index is 0.355. The molecule has 6 heteroatoms. The molecule has 1 heterocycles. The van der Waals surface area contributed by atoms with E-state index in [0.717, 1.165) is 0 Å². The molecule has 19 heavy (non-hydrogen) atoms. The van der Waals surface area contributed by atoms with Crippen molar-refractivity contribution in [1.29, 1.82) is 0 Å². The second-order valence-corrected chi connectivity index (χ2v) is 6.11. The molecule has 0 aromatic heterocycles. The van der Waals surface area contributed by atoms with E-state index in [1.807, 2.05) is 0 Å². The number of alkyl carbamates (subject to hydrolysis) is 1. The van der Waals surface area contributed by atoms with Crippen LogP contribution in [0.25, 0.3) is 0 Å². The number of carbonyl (C=O) groups is 2. The number of carbonyl (C=O) groups excluding carboxylic acids is 2. The molecule has 1 fully saturated rings. The largest absolute Gasteiger partial charge is 0.444 e. The van der Waals surface area contributed by atoms with Gasteiger partial charge >= 0.3 is 6.09 Å². The summed E-state index contributed by atoms with van der Waals surface area (Å²) in [4.78, 5) is 22.8. The number of hydrogen-bond acceptors (Lipinski definition) is 5. The Morgan fingerprint density at radius 3 is 2.37 bits per heavy atom. The predicted octanol–water partition coefficient (Wildman–Crippen LogP) is 1.62. The van der Waals surface area contributed by atoms with Gasteiger partial charge in [0.25, 0.3) is 0 Å². The van der Waals surface area contributed by atoms with E-state index in [4.69, 9.17) is 14.2 Å². The lowest BCUT2D eigenvalue weighted by molar-refractivity contribution is -0.296. The van der Waals surface area contributed by atoms with Crippen LogP contribution in [0.1, 0.15) is 41.5 Å². The van der Waals surface area contributed by atoms with E-state index in [1.165, 1.54) is 0 Å². The first-order valence-electron chi connectivity index (χ1n) is 6.34. The molecular weight excluding hydrogens is 250 g/mol. The number of nitrogens with one attached hydrogen (secondary N) is 1. The molecule has 0 spiro atoms. The Hall–Kier alpha value is -1.14. The van der Waals surface area contributed by atoms with Gasteiger partial charge in [-0.3, -0.25) is 0 Å². The Labute approximate surface area is 113 Å². The van der Waals surface area contributed by atoms with Crippen LogP contribution in [0.2, 0.25) is 0 Å². The van der Waals surface area contributed by atoms with E-state index in [-0.39, 0.29) is 6.10 Å². The minimum atomic E-state index is -0.850. The topological polar surface area (TPSA) is 73.9 Å². The van der Waals surface area contributed by atoms with Gasteiger partial charge < -0.3 is 24.3 Å². The minimum Gasteiger partial charge on any atom is -0.444 e. The summed E-state index contributed by atoms with van der Waals surface area (Å²) in [5, 5.41) is 2.62. The molecule has 0 aliphatic carbocycles. The van der Waals surface area contributed by atoms with Crippen molar-refractivity contribution in [2.45, 2.75) is 71.2 Å². The average Bonchev–Trinajstić information content (AvgIpc) is 2.18. The zero-order valence-electron chi connectivity index (χ0n) is 12.4. The normalized spacial score (nSPS) is 30.5. The first kappa shape index (κ1) is 15.9. The summed E-state index contributed by atoms with van der Waals surface area (Å²) in [6, 6.07) is -0.569. The Balaban J connectivity index is 2.70. The van der Waals surface area contributed by atoms with Gasteiger partial charge in [-0.1, -0.05) is 0 Å². The van der Waals surface area contributed by atoms with E-state index in [2.05, 4.69) is 5.32 Å². The van der Waals surface area contributed by atoms with Crippen LogP contribution < -0.4 is 5.32 Å². The number of ether oxygens (including phenoxy) is 3. The molecule has 1 aliphatic heterocycles. The van der Waals surface area contributed by atoms with Gasteiger partial charge in [0.2, 0.25) is 0 Å². The number of hydrogen-bond donors (Lipinski definition) is 1. The second kappa shape index (κ2) is 5.46. The fourth-order valence-electron chi connectivity index (χ4n) is 1.97. The van der Waals surface area contributed by atoms with Gasteiger partial charge in [0, 0.05) is 0 Å². The zero-order chi connectivity index (χ0) is 14.8. The van der Waals surface area contributed by atoms with Crippen LogP contribution in [-0.2, 0) is 19.0 Å². The third-order valence-corrected chi connectivity index (χ3v) is 2.57. The highest BCUT2D eigenvalue weighted by molar-refractivity contribution is 5.70. The van der Waals surface area contributed by atoms with E-state index in [9.17, 15) is 9.59 Å². The number of amides is 1. The summed E-state index contributed by atoms with van der Waals surface area (Å²) in [6.07, 6.45) is -1.04. The zero-order valence-corrected chi connectivity index (χ0v) is 12.4. The summed E-state index contributed by atoms with van der Waals surface area (Å²) < 4.78 is 16.2. The van der Waals surface area contributed by atoms with Crippen molar-refractivity contribution in [2.75, 3.05) is 0 Å². The molecule has 1 amide bonds. The summed E-state index contributed by atoms with van der Waals surface area (Å²) in [5.74, 6) is -0.850. The van der Waals surface area contributed by atoms with Crippen molar-refractivity contribution in [2.24, 2.45) is 0 Å². The van der Waals surface area contributed by atoms with Crippen molar-refractivity contribution in [3.8, 4) is 0 Å². The van der Waals surface area contributed by atoms with E-state index in [0.29, 0.717) is 6.29 Å². The molecule has 0 radical (unpaired) electrons. The number of aldehydes is 1. The van der Waals surface area contributed by atoms with Crippen LogP contribution >= 0.6 is 0 Å². The maximum atomic E-state index is 11.7. The lowest BCUT2D eigenvalue weighted by Gasteiger charge is -2.43. The highest BCUT2D eigenvalue weighted by atomic mass is 16.7. The van der Waals surface area contributed by atoms with Gasteiger partial charge in [-0.15, -0.1) is 0 Å². The highest BCUT2D eigenvalue weighted by Crippen LogP contribution is 2.26. The van der Waals surface area contributed by atoms with Crippen molar-refractivity contribution >= 4 is 12.4 Å². The first-order valence-corrected chi connectivity index (χ1v) is 6.34. The summed E-state index contributed by atoms with van der Waals surface area (Å²) in [7, 11) is 0. The van der Waals surface area contributed by atoms with Crippen LogP contribution in [0.3, 0.4) is 0 Å². The molecule has 0 aromatic carbocycles. The smallest absolute Gasteiger partial charge is 0.408 e. The van der Waals surface area contributed by atoms with Crippen molar-refractivity contribution < 1.29 is 23.8 Å². The molecule has 0 unspecified atom stereocenters. The van der Waals surface area contributed by atoms with E-state index < -0.39 is 29.6 Å². The SMILES string of the molecule is C[C@H]1OC(C)(C)O[C@@H](C=O)[C@@H]1NC(=O)OC(C)(C)C. The summed E-state index contributed by atoms with van der Waals surface area (Å²) in [6.45, 7) is 10.5. The molecule has 3 atom stereocenters. The van der Waals surface area contributed by atoms with Gasteiger partial charge in [-0.25, -0.2) is 4.79 Å². The molecule has 6 nitrogen and oxygen atoms in total. The third-order valence-electron chi connectivity index (χ3n) is 2.57. The van der Waals surface area contributed by atoms with Gasteiger partial charge in [0.15, 0.2) is 12.1 Å². The van der Waals surface area contributed by atoms with Gasteiger partial charge in [-0.05, 0) is 41.5 Å². The standard InChI is InChI=1S/C13H23NO5/c1-8-10(14-11(16)19-12(2,3)4)9(7-15)18-13(5,6)17-8/h7-10H,1-6H3,(H,14,16)/t8-,9+,10-/m1/s1. The Morgan fingerprint density at radius 1 is 1.32 bits per heavy atom. The van der Waals surface area contributed by atoms with Crippen molar-refractivity contribution in [3.05, 3.63) is 0 Å². The molecule has 1 aliphatic rings. The summed E-state index contributed by atoms with van der Waals surface area (Å²) in [5.41, 5.74) is -0.598. The maximum Gasteiger partial charge on any atom is 0.408 e. The lowest BCUT2D eigenvalue weighted by Crippen LogP contribution is -2.60. The quantitative estimate of drug-likeness (QED) is 0.774. The van der Waals surface area contributed by atoms with Crippen LogP contribution in [0.4, 0.5) is 4.79 Å². The molecule has 1 saturated heterocycles. The third kappa shape index (κ3) is 4.80. The van der Waals surface area contributed by atoms with Gasteiger partial charge in [-0.2, -0.15) is 0 Å². The summed E-state index contributed by atoms with van der Waals surface area (Å²) >= 11 is 0. The van der Waals surface area contributed by atoms with E-state index >= 15 is 0 Å². The Bertz CT molecular complexity index is 347. The van der Waals surface area contributed by atoms with Crippen LogP contribution in [0, 0.1) is 0 Å². The Kier molecular flexibility index (Phi) is 4.58. The molecule has 0 bridgehead atoms. The predicted molar refractivity (Wildman–Crippen MR) is 68.7 cm³/mol. The molecule has 110 valence electrons. The van der Waals surface area contributed by atoms with E-state index in [1.54, 1.807) is 41.5 Å². The molecule has 1 rings (SSSR count). The fourth-order valence-corrected chi connectivity index (χ4v) is 1.97. The maximum absolute atomic E-state index is 11.7. The van der Waals surface area contributed by atoms with Crippen molar-refractivity contribution in [1.82, 2.24) is 5.32 Å². The second-order valence-electron chi connectivity index (χ2n) is 6.11. The monoisotopic (exact) mass is 273 g/mol. The highest BCUT2D eigenvalue weighted by Gasteiger charge is 2.42. The molecular formula is C13H23NO5. The number of rotatable bonds is 2. The van der Waals surface area contributed by atoms with Gasteiger partial charge in [0.05, 0.1) is 12.1 Å². The molecule has 0 aromatic rings. The van der Waals surface area contributed by atoms with Crippen LogP contribution in [0.5, 0.6) is 0 Å². The lowest BCUT2D eigenvalue weighted by atomic mass is 10.0. The molecule has 0 saturated carbocycles. The van der Waals surface area contributed by atoms with Gasteiger partial charge in [0.1, 0.15) is 11.7 Å². The van der Waals surface area contributed by atoms with Crippen molar-refractivity contribution in [3.63, 3.8) is 0 Å². The average molecular weight is 273 g/mol. The Morgan fingerprint density at radius 2 is 1.89 bits per heavy atom. The molecule has 1 N–H and O–H groups in total. The first-order chi connectivity index (χ1) is 8.54. The fraction of sp³-hybridized carbons (Fsp3) is 0.846. The van der Waals surface area contributed by atoms with Crippen LogP contribution in [-0.4, -0.2) is 42.0 Å².